The summed E-state index contributed by atoms with van der Waals surface area (Å²) >= 11 is 0. The summed E-state index contributed by atoms with van der Waals surface area (Å²) in [5.41, 5.74) is 0.0399. The molecule has 2 N–H and O–H groups in total. The molecule has 124 valence electrons. The van der Waals surface area contributed by atoms with Crippen molar-refractivity contribution >= 4 is 5.91 Å². The predicted octanol–water partition coefficient (Wildman–Crippen LogP) is 2.33. The minimum atomic E-state index is -0.579. The van der Waals surface area contributed by atoms with E-state index in [1.807, 2.05) is 13.8 Å². The lowest BCUT2D eigenvalue weighted by Crippen LogP contribution is -2.49. The second-order valence-electron chi connectivity index (χ2n) is 6.35. The second kappa shape index (κ2) is 7.29. The van der Waals surface area contributed by atoms with Crippen molar-refractivity contribution in [3.8, 4) is 0 Å². The molecule has 1 aromatic rings. The third-order valence-electron chi connectivity index (χ3n) is 4.86. The van der Waals surface area contributed by atoms with Gasteiger partial charge in [-0.3, -0.25) is 4.79 Å². The van der Waals surface area contributed by atoms with Gasteiger partial charge in [-0.25, -0.2) is 0 Å². The van der Waals surface area contributed by atoms with Crippen LogP contribution in [-0.4, -0.2) is 47.2 Å². The molecule has 2 heterocycles. The van der Waals surface area contributed by atoms with Crippen molar-refractivity contribution in [2.45, 2.75) is 58.1 Å². The Hall–Kier alpha value is -1.33. The summed E-state index contributed by atoms with van der Waals surface area (Å²) in [6.45, 7) is 8.41. The molecule has 0 aliphatic carbocycles. The highest BCUT2D eigenvalue weighted by molar-refractivity contribution is 5.95. The predicted molar refractivity (Wildman–Crippen MR) is 85.9 cm³/mol. The lowest BCUT2D eigenvalue weighted by atomic mass is 9.95. The van der Waals surface area contributed by atoms with Gasteiger partial charge in [-0.05, 0) is 38.7 Å². The Labute approximate surface area is 132 Å². The van der Waals surface area contributed by atoms with E-state index in [4.69, 9.17) is 4.42 Å². The van der Waals surface area contributed by atoms with E-state index in [0.29, 0.717) is 11.3 Å². The van der Waals surface area contributed by atoms with E-state index in [2.05, 4.69) is 10.2 Å². The highest BCUT2D eigenvalue weighted by Crippen LogP contribution is 2.20. The molecule has 0 atom stereocenters. The van der Waals surface area contributed by atoms with Crippen LogP contribution in [0.4, 0.5) is 0 Å². The largest absolute Gasteiger partial charge is 0.469 e. The molecule has 0 saturated carbocycles. The quantitative estimate of drug-likeness (QED) is 0.846. The number of likely N-dealkylation sites (tertiary alicyclic amines) is 1. The highest BCUT2D eigenvalue weighted by atomic mass is 16.3. The van der Waals surface area contributed by atoms with Gasteiger partial charge in [0.2, 0.25) is 0 Å². The summed E-state index contributed by atoms with van der Waals surface area (Å²) in [5, 5.41) is 13.5. The van der Waals surface area contributed by atoms with Crippen LogP contribution in [0.3, 0.4) is 0 Å². The zero-order chi connectivity index (χ0) is 16.2. The molecule has 1 aliphatic heterocycles. The number of amides is 1. The van der Waals surface area contributed by atoms with Gasteiger partial charge in [-0.2, -0.15) is 0 Å². The molecule has 1 amide bonds. The van der Waals surface area contributed by atoms with Gasteiger partial charge >= 0.3 is 0 Å². The molecule has 1 fully saturated rings. The molecule has 2 rings (SSSR count). The Morgan fingerprint density at radius 3 is 2.55 bits per heavy atom. The Kier molecular flexibility index (Phi) is 5.64. The van der Waals surface area contributed by atoms with Crippen molar-refractivity contribution in [2.24, 2.45) is 0 Å². The fraction of sp³-hybridized carbons (Fsp3) is 0.706. The van der Waals surface area contributed by atoms with Crippen LogP contribution >= 0.6 is 0 Å². The van der Waals surface area contributed by atoms with E-state index < -0.39 is 5.60 Å². The Bertz CT molecular complexity index is 486. The maximum atomic E-state index is 12.2. The maximum absolute atomic E-state index is 12.2. The van der Waals surface area contributed by atoms with Gasteiger partial charge < -0.3 is 19.7 Å². The summed E-state index contributed by atoms with van der Waals surface area (Å²) in [4.78, 5) is 14.5. The van der Waals surface area contributed by atoms with E-state index >= 15 is 0 Å². The lowest BCUT2D eigenvalue weighted by molar-refractivity contribution is -0.00974. The average Bonchev–Trinajstić information content (AvgIpc) is 2.95. The van der Waals surface area contributed by atoms with Crippen molar-refractivity contribution in [3.05, 3.63) is 23.7 Å². The number of hydrogen-bond acceptors (Lipinski definition) is 4. The van der Waals surface area contributed by atoms with Crippen LogP contribution in [0.5, 0.6) is 0 Å². The van der Waals surface area contributed by atoms with Gasteiger partial charge in [-0.1, -0.05) is 13.8 Å². The Morgan fingerprint density at radius 1 is 1.41 bits per heavy atom. The third kappa shape index (κ3) is 4.11. The van der Waals surface area contributed by atoms with Crippen LogP contribution < -0.4 is 5.32 Å². The first-order chi connectivity index (χ1) is 10.5. The summed E-state index contributed by atoms with van der Waals surface area (Å²) in [6.07, 6.45) is 4.95. The number of hydrogen-bond donors (Lipinski definition) is 2. The van der Waals surface area contributed by atoms with Crippen LogP contribution in [-0.2, 0) is 0 Å². The third-order valence-corrected chi connectivity index (χ3v) is 4.86. The van der Waals surface area contributed by atoms with Gasteiger partial charge in [0.25, 0.3) is 5.91 Å². The van der Waals surface area contributed by atoms with Crippen LogP contribution in [0.2, 0.25) is 0 Å². The lowest BCUT2D eigenvalue weighted by Gasteiger charge is -2.37. The number of rotatable bonds is 6. The number of nitrogens with zero attached hydrogens (tertiary/aromatic N) is 1. The molecule has 1 saturated heterocycles. The first kappa shape index (κ1) is 17.0. The molecule has 0 aromatic carbocycles. The number of β-amino-alcohol motifs (C(OH)–C–C–N with tert-alkyl or cyclic N) is 1. The van der Waals surface area contributed by atoms with Gasteiger partial charge in [0, 0.05) is 25.7 Å². The zero-order valence-electron chi connectivity index (χ0n) is 13.9. The normalized spacial score (nSPS) is 17.6. The number of furan rings is 1. The number of carbonyl (C=O) groups excluding carboxylic acids is 1. The van der Waals surface area contributed by atoms with Crippen molar-refractivity contribution in [3.63, 3.8) is 0 Å². The van der Waals surface area contributed by atoms with Crippen LogP contribution in [0.15, 0.2) is 16.7 Å². The van der Waals surface area contributed by atoms with Gasteiger partial charge in [0.15, 0.2) is 0 Å². The van der Waals surface area contributed by atoms with Crippen LogP contribution in [0, 0.1) is 6.92 Å². The van der Waals surface area contributed by atoms with Crippen LogP contribution in [0.1, 0.15) is 55.6 Å². The molecule has 5 heteroatoms. The topological polar surface area (TPSA) is 65.7 Å². The molecular weight excluding hydrogens is 280 g/mol. The highest BCUT2D eigenvalue weighted by Gasteiger charge is 2.29. The summed E-state index contributed by atoms with van der Waals surface area (Å²) in [7, 11) is 0. The van der Waals surface area contributed by atoms with Crippen molar-refractivity contribution in [1.82, 2.24) is 10.2 Å². The molecule has 1 aliphatic rings. The average molecular weight is 308 g/mol. The molecule has 0 bridgehead atoms. The van der Waals surface area contributed by atoms with Gasteiger partial charge in [-0.15, -0.1) is 0 Å². The van der Waals surface area contributed by atoms with Crippen molar-refractivity contribution in [2.75, 3.05) is 19.6 Å². The van der Waals surface area contributed by atoms with E-state index in [0.717, 1.165) is 45.3 Å². The molecule has 0 spiro atoms. The van der Waals surface area contributed by atoms with E-state index in [9.17, 15) is 9.90 Å². The summed E-state index contributed by atoms with van der Waals surface area (Å²) < 4.78 is 5.17. The fourth-order valence-corrected chi connectivity index (χ4v) is 3.01. The van der Waals surface area contributed by atoms with Gasteiger partial charge in [0.1, 0.15) is 5.76 Å². The minimum absolute atomic E-state index is 0.0525. The van der Waals surface area contributed by atoms with E-state index in [1.54, 1.807) is 19.3 Å². The first-order valence-corrected chi connectivity index (χ1v) is 8.27. The minimum Gasteiger partial charge on any atom is -0.469 e. The molecular formula is C17H28N2O3. The van der Waals surface area contributed by atoms with E-state index in [-0.39, 0.29) is 11.9 Å². The Balaban J connectivity index is 1.80. The van der Waals surface area contributed by atoms with Crippen LogP contribution in [0.25, 0.3) is 0 Å². The number of aliphatic hydroxyl groups is 1. The van der Waals surface area contributed by atoms with Crippen molar-refractivity contribution < 1.29 is 14.3 Å². The smallest absolute Gasteiger partial charge is 0.255 e. The number of nitrogens with one attached hydrogen (secondary N) is 1. The number of carbonyl (C=O) groups is 1. The summed E-state index contributed by atoms with van der Waals surface area (Å²) in [5.74, 6) is 0.606. The molecule has 0 unspecified atom stereocenters. The standard InChI is InChI=1S/C17H28N2O3/c1-4-17(21,5-2)12-19-9-6-14(7-10-19)18-16(20)15-8-11-22-13(15)3/h8,11,14,21H,4-7,9-10,12H2,1-3H3,(H,18,20). The SMILES string of the molecule is CCC(O)(CC)CN1CCC(NC(=O)c2ccoc2C)CC1. The fourth-order valence-electron chi connectivity index (χ4n) is 3.01. The molecule has 5 nitrogen and oxygen atoms in total. The van der Waals surface area contributed by atoms with Gasteiger partial charge in [0.05, 0.1) is 17.4 Å². The Morgan fingerprint density at radius 2 is 2.05 bits per heavy atom. The van der Waals surface area contributed by atoms with E-state index in [1.165, 1.54) is 0 Å². The first-order valence-electron chi connectivity index (χ1n) is 8.27. The maximum Gasteiger partial charge on any atom is 0.255 e. The molecule has 1 aromatic heterocycles. The second-order valence-corrected chi connectivity index (χ2v) is 6.35. The van der Waals surface area contributed by atoms with Crippen molar-refractivity contribution in [1.29, 1.82) is 0 Å². The number of aryl methyl sites for hydroxylation is 1. The summed E-state index contributed by atoms with van der Waals surface area (Å²) in [6, 6.07) is 1.91. The molecule has 0 radical (unpaired) electrons. The monoisotopic (exact) mass is 308 g/mol. The number of piperidine rings is 1. The zero-order valence-corrected chi connectivity index (χ0v) is 13.9. The molecule has 22 heavy (non-hydrogen) atoms.